The first kappa shape index (κ1) is 14.1. The number of aryl methyl sites for hydroxylation is 2. The Morgan fingerprint density at radius 3 is 2.42 bits per heavy atom. The molecule has 0 heterocycles. The molecule has 19 heavy (non-hydrogen) atoms. The Morgan fingerprint density at radius 2 is 1.74 bits per heavy atom. The zero-order valence-corrected chi connectivity index (χ0v) is 13.0. The van der Waals surface area contributed by atoms with Crippen molar-refractivity contribution in [3.63, 3.8) is 0 Å². The van der Waals surface area contributed by atoms with Crippen LogP contribution < -0.4 is 4.72 Å². The fraction of sp³-hybridized carbons (Fsp3) is 0.143. The number of hydrogen-bond donors (Lipinski definition) is 1. The van der Waals surface area contributed by atoms with E-state index in [1.807, 2.05) is 32.0 Å². The van der Waals surface area contributed by atoms with Crippen molar-refractivity contribution in [2.75, 3.05) is 4.72 Å². The van der Waals surface area contributed by atoms with Gasteiger partial charge in [-0.25, -0.2) is 8.42 Å². The third-order valence-corrected chi connectivity index (χ3v) is 5.15. The van der Waals surface area contributed by atoms with Crippen molar-refractivity contribution in [3.05, 3.63) is 58.1 Å². The minimum atomic E-state index is -3.56. The van der Waals surface area contributed by atoms with E-state index < -0.39 is 10.0 Å². The Hall–Kier alpha value is -1.33. The van der Waals surface area contributed by atoms with Crippen LogP contribution in [0.1, 0.15) is 11.1 Å². The van der Waals surface area contributed by atoms with Crippen molar-refractivity contribution >= 4 is 31.6 Å². The van der Waals surface area contributed by atoms with E-state index in [2.05, 4.69) is 20.7 Å². The molecule has 0 saturated carbocycles. The Labute approximate surface area is 121 Å². The third-order valence-electron chi connectivity index (χ3n) is 2.74. The molecule has 0 aliphatic heterocycles. The predicted octanol–water partition coefficient (Wildman–Crippen LogP) is 3.87. The number of hydrogen-bond acceptors (Lipinski definition) is 2. The second-order valence-electron chi connectivity index (χ2n) is 4.36. The van der Waals surface area contributed by atoms with Gasteiger partial charge in [-0.1, -0.05) is 24.3 Å². The summed E-state index contributed by atoms with van der Waals surface area (Å²) in [4.78, 5) is 0.265. The van der Waals surface area contributed by atoms with Gasteiger partial charge in [0.05, 0.1) is 10.6 Å². The van der Waals surface area contributed by atoms with E-state index in [4.69, 9.17) is 0 Å². The van der Waals surface area contributed by atoms with Gasteiger partial charge in [-0.2, -0.15) is 0 Å². The van der Waals surface area contributed by atoms with Crippen molar-refractivity contribution in [1.29, 1.82) is 0 Å². The molecule has 0 fully saturated rings. The van der Waals surface area contributed by atoms with E-state index >= 15 is 0 Å². The molecule has 0 bridgehead atoms. The van der Waals surface area contributed by atoms with Gasteiger partial charge in [-0.15, -0.1) is 0 Å². The summed E-state index contributed by atoms with van der Waals surface area (Å²) in [7, 11) is -3.56. The van der Waals surface area contributed by atoms with Crippen molar-refractivity contribution < 1.29 is 8.42 Å². The predicted molar refractivity (Wildman–Crippen MR) is 80.9 cm³/mol. The van der Waals surface area contributed by atoms with Crippen LogP contribution in [0.5, 0.6) is 0 Å². The molecular weight excluding hydrogens is 326 g/mol. The topological polar surface area (TPSA) is 46.2 Å². The minimum absolute atomic E-state index is 0.265. The minimum Gasteiger partial charge on any atom is -0.278 e. The largest absolute Gasteiger partial charge is 0.278 e. The summed E-state index contributed by atoms with van der Waals surface area (Å²) in [5, 5.41) is 0. The highest BCUT2D eigenvalue weighted by atomic mass is 79.9. The normalized spacial score (nSPS) is 11.3. The Kier molecular flexibility index (Phi) is 3.96. The van der Waals surface area contributed by atoms with E-state index in [-0.39, 0.29) is 4.90 Å². The lowest BCUT2D eigenvalue weighted by Crippen LogP contribution is -2.13. The zero-order valence-electron chi connectivity index (χ0n) is 10.6. The van der Waals surface area contributed by atoms with Crippen LogP contribution in [0.25, 0.3) is 0 Å². The van der Waals surface area contributed by atoms with Crippen molar-refractivity contribution in [1.82, 2.24) is 0 Å². The highest BCUT2D eigenvalue weighted by Crippen LogP contribution is 2.28. The molecule has 3 nitrogen and oxygen atoms in total. The molecule has 0 unspecified atom stereocenters. The molecule has 0 aliphatic rings. The second-order valence-corrected chi connectivity index (χ2v) is 6.83. The Morgan fingerprint density at radius 1 is 1.05 bits per heavy atom. The summed E-state index contributed by atoms with van der Waals surface area (Å²) < 4.78 is 27.9. The number of halogens is 1. The van der Waals surface area contributed by atoms with E-state index in [1.165, 1.54) is 0 Å². The standard InChI is InChI=1S/C14H14BrNO2S/c1-10-5-3-7-12(9-10)19(17,18)16-13-8-4-6-11(2)14(13)15/h3-9,16H,1-2H3. The van der Waals surface area contributed by atoms with E-state index in [9.17, 15) is 8.42 Å². The maximum Gasteiger partial charge on any atom is 0.261 e. The lowest BCUT2D eigenvalue weighted by Gasteiger charge is -2.11. The van der Waals surface area contributed by atoms with Gasteiger partial charge in [0.25, 0.3) is 10.0 Å². The lowest BCUT2D eigenvalue weighted by molar-refractivity contribution is 0.601. The van der Waals surface area contributed by atoms with Crippen LogP contribution in [-0.2, 0) is 10.0 Å². The van der Waals surface area contributed by atoms with Gasteiger partial charge < -0.3 is 0 Å². The third kappa shape index (κ3) is 3.16. The van der Waals surface area contributed by atoms with E-state index in [0.29, 0.717) is 5.69 Å². The second kappa shape index (κ2) is 5.35. The summed E-state index contributed by atoms with van der Waals surface area (Å²) in [6.07, 6.45) is 0. The summed E-state index contributed by atoms with van der Waals surface area (Å²) in [5.74, 6) is 0. The molecule has 2 aromatic rings. The molecule has 100 valence electrons. The first-order valence-corrected chi connectivity index (χ1v) is 8.02. The first-order chi connectivity index (χ1) is 8.90. The van der Waals surface area contributed by atoms with Crippen LogP contribution in [-0.4, -0.2) is 8.42 Å². The SMILES string of the molecule is Cc1cccc(S(=O)(=O)Nc2cccc(C)c2Br)c1. The molecule has 5 heteroatoms. The van der Waals surface area contributed by atoms with Crippen LogP contribution >= 0.6 is 15.9 Å². The molecule has 0 atom stereocenters. The molecule has 2 rings (SSSR count). The Bertz CT molecular complexity index is 711. The number of nitrogens with one attached hydrogen (secondary N) is 1. The molecule has 0 aromatic heterocycles. The maximum absolute atomic E-state index is 12.3. The van der Waals surface area contributed by atoms with Gasteiger partial charge >= 0.3 is 0 Å². The molecule has 0 saturated heterocycles. The summed E-state index contributed by atoms with van der Waals surface area (Å²) in [6.45, 7) is 3.77. The number of sulfonamides is 1. The summed E-state index contributed by atoms with van der Waals surface area (Å²) in [5.41, 5.74) is 2.43. The summed E-state index contributed by atoms with van der Waals surface area (Å²) >= 11 is 3.39. The van der Waals surface area contributed by atoms with Gasteiger partial charge in [-0.3, -0.25) is 4.72 Å². The molecule has 0 radical (unpaired) electrons. The van der Waals surface area contributed by atoms with Gasteiger partial charge in [0.15, 0.2) is 0 Å². The number of benzene rings is 2. The average Bonchev–Trinajstić information content (AvgIpc) is 2.35. The van der Waals surface area contributed by atoms with Gasteiger partial charge in [0, 0.05) is 4.47 Å². The van der Waals surface area contributed by atoms with Crippen LogP contribution in [0.3, 0.4) is 0 Å². The van der Waals surface area contributed by atoms with Crippen LogP contribution in [0.4, 0.5) is 5.69 Å². The molecular formula is C14H14BrNO2S. The van der Waals surface area contributed by atoms with Crippen molar-refractivity contribution in [2.24, 2.45) is 0 Å². The molecule has 0 spiro atoms. The van der Waals surface area contributed by atoms with Crippen LogP contribution in [0.2, 0.25) is 0 Å². The molecule has 1 N–H and O–H groups in total. The van der Waals surface area contributed by atoms with Gasteiger partial charge in [0.1, 0.15) is 0 Å². The van der Waals surface area contributed by atoms with Gasteiger partial charge in [-0.05, 0) is 59.1 Å². The number of anilines is 1. The maximum atomic E-state index is 12.3. The van der Waals surface area contributed by atoms with Crippen molar-refractivity contribution in [3.8, 4) is 0 Å². The highest BCUT2D eigenvalue weighted by molar-refractivity contribution is 9.10. The Balaban J connectivity index is 2.39. The van der Waals surface area contributed by atoms with Crippen molar-refractivity contribution in [2.45, 2.75) is 18.7 Å². The van der Waals surface area contributed by atoms with Gasteiger partial charge in [0.2, 0.25) is 0 Å². The lowest BCUT2D eigenvalue weighted by atomic mass is 10.2. The molecule has 0 aliphatic carbocycles. The fourth-order valence-electron chi connectivity index (χ4n) is 1.71. The average molecular weight is 340 g/mol. The first-order valence-electron chi connectivity index (χ1n) is 5.75. The van der Waals surface area contributed by atoms with Crippen LogP contribution in [0, 0.1) is 13.8 Å². The zero-order chi connectivity index (χ0) is 14.0. The molecule has 0 amide bonds. The summed E-state index contributed by atoms with van der Waals surface area (Å²) in [6, 6.07) is 12.3. The van der Waals surface area contributed by atoms with E-state index in [0.717, 1.165) is 15.6 Å². The van der Waals surface area contributed by atoms with E-state index in [1.54, 1.807) is 24.3 Å². The smallest absolute Gasteiger partial charge is 0.261 e. The highest BCUT2D eigenvalue weighted by Gasteiger charge is 2.15. The quantitative estimate of drug-likeness (QED) is 0.922. The number of rotatable bonds is 3. The monoisotopic (exact) mass is 339 g/mol. The fourth-order valence-corrected chi connectivity index (χ4v) is 3.38. The van der Waals surface area contributed by atoms with Crippen LogP contribution in [0.15, 0.2) is 51.8 Å². The molecule has 2 aromatic carbocycles.